The van der Waals surface area contributed by atoms with Crippen molar-refractivity contribution in [3.05, 3.63) is 110 Å². The molecular formula is C24H18N12Ru. The Balaban J connectivity index is 0.000000152. The van der Waals surface area contributed by atoms with Gasteiger partial charge in [0.2, 0.25) is 0 Å². The normalized spacial score (nSPS) is 9.41. The average Bonchev–Trinajstić information content (AvgIpc) is 3.01. The molecular weight excluding hydrogens is 557 g/mol. The molecule has 13 heteroatoms. The zero-order chi connectivity index (χ0) is 24.7. The second kappa shape index (κ2) is 15.2. The summed E-state index contributed by atoms with van der Waals surface area (Å²) in [5.41, 5.74) is 4.45. The Morgan fingerprint density at radius 1 is 0.270 bits per heavy atom. The first-order valence-corrected chi connectivity index (χ1v) is 10.6. The van der Waals surface area contributed by atoms with Crippen molar-refractivity contribution in [2.24, 2.45) is 0 Å². The molecule has 182 valence electrons. The Labute approximate surface area is 224 Å². The zero-order valence-electron chi connectivity index (χ0n) is 19.1. The summed E-state index contributed by atoms with van der Waals surface area (Å²) in [7, 11) is 0. The molecule has 0 spiro atoms. The fraction of sp³-hybridized carbons (Fsp3) is 0. The molecule has 0 N–H and O–H groups in total. The average molecular weight is 576 g/mol. The number of hydrogen-bond donors (Lipinski definition) is 0. The minimum Gasteiger partial charge on any atom is -0.158 e. The maximum atomic E-state index is 3.90. The number of aromatic nitrogens is 12. The van der Waals surface area contributed by atoms with Crippen molar-refractivity contribution in [1.82, 2.24) is 61.2 Å². The predicted octanol–water partition coefficient (Wildman–Crippen LogP) is 2.80. The summed E-state index contributed by atoms with van der Waals surface area (Å²) in [6.07, 6.45) is 9.75. The summed E-state index contributed by atoms with van der Waals surface area (Å²) >= 11 is 0. The van der Waals surface area contributed by atoms with Crippen LogP contribution in [0.15, 0.2) is 110 Å². The number of nitrogens with zero attached hydrogens (tertiary/aromatic N) is 12. The van der Waals surface area contributed by atoms with Crippen molar-refractivity contribution >= 4 is 0 Å². The third-order valence-corrected chi connectivity index (χ3v) is 4.22. The molecule has 0 atom stereocenters. The fourth-order valence-electron chi connectivity index (χ4n) is 2.63. The molecule has 6 rings (SSSR count). The van der Waals surface area contributed by atoms with Gasteiger partial charge in [-0.1, -0.05) is 0 Å². The SMILES string of the molecule is [Ru].c1cnnc(-c2cccnn2)c1.c1cnnc(-c2cccnn2)c1.c1cnnc(-c2cccnn2)c1. The van der Waals surface area contributed by atoms with Gasteiger partial charge in [0.05, 0.1) is 0 Å². The molecule has 6 aromatic rings. The van der Waals surface area contributed by atoms with Gasteiger partial charge in [0, 0.05) is 56.7 Å². The third-order valence-electron chi connectivity index (χ3n) is 4.22. The van der Waals surface area contributed by atoms with Crippen LogP contribution in [-0.4, -0.2) is 61.2 Å². The van der Waals surface area contributed by atoms with Crippen LogP contribution in [0, 0.1) is 0 Å². The van der Waals surface area contributed by atoms with E-state index in [0.29, 0.717) is 0 Å². The van der Waals surface area contributed by atoms with E-state index in [0.717, 1.165) is 34.2 Å². The van der Waals surface area contributed by atoms with Crippen molar-refractivity contribution in [3.63, 3.8) is 0 Å². The van der Waals surface area contributed by atoms with Gasteiger partial charge in [0.15, 0.2) is 0 Å². The molecule has 0 saturated heterocycles. The topological polar surface area (TPSA) is 155 Å². The molecule has 0 saturated carbocycles. The minimum atomic E-state index is 0. The van der Waals surface area contributed by atoms with Crippen LogP contribution in [0.25, 0.3) is 34.2 Å². The van der Waals surface area contributed by atoms with Crippen LogP contribution in [0.1, 0.15) is 0 Å². The first-order chi connectivity index (χ1) is 17.9. The Morgan fingerprint density at radius 2 is 0.432 bits per heavy atom. The smallest absolute Gasteiger partial charge is 0.113 e. The number of rotatable bonds is 3. The van der Waals surface area contributed by atoms with Gasteiger partial charge in [-0.3, -0.25) is 0 Å². The van der Waals surface area contributed by atoms with E-state index >= 15 is 0 Å². The molecule has 0 aliphatic heterocycles. The van der Waals surface area contributed by atoms with Crippen LogP contribution in [0.3, 0.4) is 0 Å². The van der Waals surface area contributed by atoms with Crippen molar-refractivity contribution in [3.8, 4) is 34.2 Å². The molecule has 0 unspecified atom stereocenters. The molecule has 6 heterocycles. The molecule has 12 nitrogen and oxygen atoms in total. The van der Waals surface area contributed by atoms with Crippen LogP contribution < -0.4 is 0 Å². The number of hydrogen-bond acceptors (Lipinski definition) is 12. The van der Waals surface area contributed by atoms with E-state index in [1.807, 2.05) is 72.8 Å². The molecule has 0 radical (unpaired) electrons. The van der Waals surface area contributed by atoms with Gasteiger partial charge >= 0.3 is 0 Å². The van der Waals surface area contributed by atoms with Crippen LogP contribution in [0.2, 0.25) is 0 Å². The van der Waals surface area contributed by atoms with Gasteiger partial charge in [-0.25, -0.2) is 0 Å². The summed E-state index contributed by atoms with van der Waals surface area (Å²) in [6, 6.07) is 22.0. The first-order valence-electron chi connectivity index (χ1n) is 10.6. The second-order valence-corrected chi connectivity index (χ2v) is 6.65. The molecule has 0 bridgehead atoms. The van der Waals surface area contributed by atoms with E-state index in [2.05, 4.69) is 61.2 Å². The van der Waals surface area contributed by atoms with E-state index in [-0.39, 0.29) is 19.5 Å². The van der Waals surface area contributed by atoms with Crippen molar-refractivity contribution in [2.45, 2.75) is 0 Å². The summed E-state index contributed by atoms with van der Waals surface area (Å²) in [5, 5.41) is 45.8. The van der Waals surface area contributed by atoms with E-state index in [4.69, 9.17) is 0 Å². The van der Waals surface area contributed by atoms with Crippen LogP contribution in [0.5, 0.6) is 0 Å². The summed E-state index contributed by atoms with van der Waals surface area (Å²) < 4.78 is 0. The van der Waals surface area contributed by atoms with Crippen LogP contribution >= 0.6 is 0 Å². The fourth-order valence-corrected chi connectivity index (χ4v) is 2.63. The monoisotopic (exact) mass is 576 g/mol. The third kappa shape index (κ3) is 8.68. The minimum absolute atomic E-state index is 0. The Bertz CT molecular complexity index is 1110. The van der Waals surface area contributed by atoms with E-state index in [9.17, 15) is 0 Å². The molecule has 0 aliphatic carbocycles. The van der Waals surface area contributed by atoms with Gasteiger partial charge in [0.1, 0.15) is 34.2 Å². The molecule has 0 fully saturated rings. The van der Waals surface area contributed by atoms with Gasteiger partial charge < -0.3 is 0 Å². The van der Waals surface area contributed by atoms with Gasteiger partial charge in [-0.05, 0) is 72.8 Å². The van der Waals surface area contributed by atoms with Crippen molar-refractivity contribution < 1.29 is 19.5 Å². The van der Waals surface area contributed by atoms with E-state index in [1.54, 1.807) is 37.2 Å². The Kier molecular flexibility index (Phi) is 10.9. The van der Waals surface area contributed by atoms with E-state index in [1.165, 1.54) is 0 Å². The predicted molar refractivity (Wildman–Crippen MR) is 129 cm³/mol. The second-order valence-electron chi connectivity index (χ2n) is 6.65. The summed E-state index contributed by atoms with van der Waals surface area (Å²) in [6.45, 7) is 0. The largest absolute Gasteiger partial charge is 0.158 e. The van der Waals surface area contributed by atoms with E-state index < -0.39 is 0 Å². The van der Waals surface area contributed by atoms with Gasteiger partial charge in [-0.2, -0.15) is 30.6 Å². The molecule has 37 heavy (non-hydrogen) atoms. The Hall–Kier alpha value is -4.90. The Morgan fingerprint density at radius 3 is 0.541 bits per heavy atom. The molecule has 0 amide bonds. The van der Waals surface area contributed by atoms with Crippen LogP contribution in [-0.2, 0) is 19.5 Å². The molecule has 0 aliphatic rings. The summed E-state index contributed by atoms with van der Waals surface area (Å²) in [4.78, 5) is 0. The van der Waals surface area contributed by atoms with Crippen molar-refractivity contribution in [2.75, 3.05) is 0 Å². The van der Waals surface area contributed by atoms with Crippen molar-refractivity contribution in [1.29, 1.82) is 0 Å². The summed E-state index contributed by atoms with van der Waals surface area (Å²) in [5.74, 6) is 0. The standard InChI is InChI=1S/3C8H6N4.Ru/c3*1-3-7(11-9-5-1)8-4-2-6-10-12-8;/h3*1-6H;. The quantitative estimate of drug-likeness (QED) is 0.285. The molecule has 6 aromatic heterocycles. The van der Waals surface area contributed by atoms with Gasteiger partial charge in [-0.15, -0.1) is 30.6 Å². The first kappa shape index (κ1) is 26.7. The van der Waals surface area contributed by atoms with Crippen LogP contribution in [0.4, 0.5) is 0 Å². The zero-order valence-corrected chi connectivity index (χ0v) is 20.9. The maximum Gasteiger partial charge on any atom is 0.113 e. The van der Waals surface area contributed by atoms with Gasteiger partial charge in [0.25, 0.3) is 0 Å². The molecule has 0 aromatic carbocycles. The maximum absolute atomic E-state index is 3.90.